The number of nitrogens with one attached hydrogen (secondary N) is 1. The van der Waals surface area contributed by atoms with Crippen LogP contribution in [-0.4, -0.2) is 24.2 Å². The van der Waals surface area contributed by atoms with Gasteiger partial charge in [0, 0.05) is 17.4 Å². The summed E-state index contributed by atoms with van der Waals surface area (Å²) in [5.41, 5.74) is -0.470. The van der Waals surface area contributed by atoms with E-state index in [2.05, 4.69) is 19.2 Å². The summed E-state index contributed by atoms with van der Waals surface area (Å²) < 4.78 is 0. The monoisotopic (exact) mass is 229 g/mol. The summed E-state index contributed by atoms with van der Waals surface area (Å²) in [7, 11) is 0. The van der Waals surface area contributed by atoms with Crippen LogP contribution in [0.25, 0.3) is 0 Å². The van der Waals surface area contributed by atoms with E-state index in [-0.39, 0.29) is 23.3 Å². The van der Waals surface area contributed by atoms with Crippen molar-refractivity contribution in [1.82, 2.24) is 5.32 Å². The van der Waals surface area contributed by atoms with E-state index in [1.165, 1.54) is 0 Å². The first-order chi connectivity index (χ1) is 7.37. The van der Waals surface area contributed by atoms with Crippen molar-refractivity contribution in [3.05, 3.63) is 0 Å². The molecule has 3 nitrogen and oxygen atoms in total. The highest BCUT2D eigenvalue weighted by Crippen LogP contribution is 2.26. The molecule has 2 N–H and O–H groups in total. The molecule has 0 aliphatic rings. The zero-order valence-electron chi connectivity index (χ0n) is 11.4. The van der Waals surface area contributed by atoms with Gasteiger partial charge in [0.1, 0.15) is 0 Å². The molecule has 0 aliphatic heterocycles. The number of carbonyl (C=O) groups is 1. The van der Waals surface area contributed by atoms with Crippen LogP contribution in [-0.2, 0) is 4.79 Å². The zero-order valence-corrected chi connectivity index (χ0v) is 11.4. The van der Waals surface area contributed by atoms with Gasteiger partial charge in [0.05, 0.1) is 6.61 Å². The van der Waals surface area contributed by atoms with Crippen LogP contribution in [0.3, 0.4) is 0 Å². The van der Waals surface area contributed by atoms with Crippen LogP contribution in [0.15, 0.2) is 0 Å². The Bertz CT molecular complexity index is 212. The molecule has 1 amide bonds. The molecular formula is C13H27NO2. The number of hydrogen-bond donors (Lipinski definition) is 2. The molecule has 0 saturated heterocycles. The van der Waals surface area contributed by atoms with Crippen molar-refractivity contribution in [3.63, 3.8) is 0 Å². The Morgan fingerprint density at radius 2 is 1.62 bits per heavy atom. The third-order valence-electron chi connectivity index (χ3n) is 3.96. The standard InChI is InChI=1S/C13H27NO2/c1-6-12(4,5)11(16)14-9-13(7-2,8-3)10-15/h15H,6-10H2,1-5H3,(H,14,16). The lowest BCUT2D eigenvalue weighted by atomic mass is 9.82. The molecule has 0 aromatic rings. The van der Waals surface area contributed by atoms with Crippen LogP contribution in [0.5, 0.6) is 0 Å². The van der Waals surface area contributed by atoms with Crippen molar-refractivity contribution in [2.75, 3.05) is 13.2 Å². The van der Waals surface area contributed by atoms with Crippen LogP contribution in [0.4, 0.5) is 0 Å². The van der Waals surface area contributed by atoms with E-state index in [0.717, 1.165) is 19.3 Å². The topological polar surface area (TPSA) is 49.3 Å². The van der Waals surface area contributed by atoms with Gasteiger partial charge < -0.3 is 10.4 Å². The molecule has 0 aromatic carbocycles. The van der Waals surface area contributed by atoms with Gasteiger partial charge in [-0.3, -0.25) is 4.79 Å². The molecule has 0 heterocycles. The second kappa shape index (κ2) is 6.24. The molecule has 3 heteroatoms. The van der Waals surface area contributed by atoms with E-state index in [1.807, 2.05) is 20.8 Å². The predicted octanol–water partition coefficient (Wildman–Crippen LogP) is 2.34. The van der Waals surface area contributed by atoms with Gasteiger partial charge in [0.2, 0.25) is 5.91 Å². The van der Waals surface area contributed by atoms with Gasteiger partial charge in [-0.1, -0.05) is 34.6 Å². The van der Waals surface area contributed by atoms with Crippen LogP contribution < -0.4 is 5.32 Å². The summed E-state index contributed by atoms with van der Waals surface area (Å²) in [6.45, 7) is 10.7. The van der Waals surface area contributed by atoms with Crippen LogP contribution in [0, 0.1) is 10.8 Å². The van der Waals surface area contributed by atoms with Crippen LogP contribution in [0.1, 0.15) is 53.9 Å². The Balaban J connectivity index is 4.38. The fraction of sp³-hybridized carbons (Fsp3) is 0.923. The second-order valence-corrected chi connectivity index (χ2v) is 5.29. The van der Waals surface area contributed by atoms with Crippen molar-refractivity contribution in [2.24, 2.45) is 10.8 Å². The Morgan fingerprint density at radius 1 is 1.12 bits per heavy atom. The molecule has 96 valence electrons. The minimum atomic E-state index is -0.317. The quantitative estimate of drug-likeness (QED) is 0.704. The smallest absolute Gasteiger partial charge is 0.225 e. The average molecular weight is 229 g/mol. The molecule has 0 aromatic heterocycles. The van der Waals surface area contributed by atoms with Gasteiger partial charge in [0.15, 0.2) is 0 Å². The second-order valence-electron chi connectivity index (χ2n) is 5.29. The summed E-state index contributed by atoms with van der Waals surface area (Å²) in [5, 5.41) is 12.4. The normalized spacial score (nSPS) is 12.6. The molecule has 0 atom stereocenters. The summed E-state index contributed by atoms with van der Waals surface area (Å²) in [6.07, 6.45) is 2.59. The van der Waals surface area contributed by atoms with Crippen molar-refractivity contribution in [3.8, 4) is 0 Å². The first kappa shape index (κ1) is 15.4. The van der Waals surface area contributed by atoms with E-state index in [9.17, 15) is 9.90 Å². The van der Waals surface area contributed by atoms with Gasteiger partial charge in [-0.2, -0.15) is 0 Å². The maximum atomic E-state index is 11.9. The van der Waals surface area contributed by atoms with Gasteiger partial charge in [0.25, 0.3) is 0 Å². The highest BCUT2D eigenvalue weighted by molar-refractivity contribution is 5.81. The Kier molecular flexibility index (Phi) is 6.01. The third-order valence-corrected chi connectivity index (χ3v) is 3.96. The molecule has 0 bridgehead atoms. The number of hydrogen-bond acceptors (Lipinski definition) is 2. The molecule has 0 unspecified atom stereocenters. The Morgan fingerprint density at radius 3 is 1.94 bits per heavy atom. The van der Waals surface area contributed by atoms with Crippen LogP contribution >= 0.6 is 0 Å². The predicted molar refractivity (Wildman–Crippen MR) is 67.2 cm³/mol. The maximum Gasteiger partial charge on any atom is 0.225 e. The lowest BCUT2D eigenvalue weighted by Gasteiger charge is -2.31. The first-order valence-electron chi connectivity index (χ1n) is 6.26. The summed E-state index contributed by atoms with van der Waals surface area (Å²) >= 11 is 0. The largest absolute Gasteiger partial charge is 0.396 e. The molecule has 0 saturated carbocycles. The fourth-order valence-corrected chi connectivity index (χ4v) is 1.45. The van der Waals surface area contributed by atoms with Gasteiger partial charge in [-0.15, -0.1) is 0 Å². The SMILES string of the molecule is CCC(CC)(CO)CNC(=O)C(C)(C)CC. The maximum absolute atomic E-state index is 11.9. The molecule has 0 fully saturated rings. The first-order valence-corrected chi connectivity index (χ1v) is 6.26. The highest BCUT2D eigenvalue weighted by Gasteiger charge is 2.30. The summed E-state index contributed by atoms with van der Waals surface area (Å²) in [4.78, 5) is 11.9. The lowest BCUT2D eigenvalue weighted by Crippen LogP contribution is -2.44. The number of aliphatic hydroxyl groups is 1. The molecule has 0 aliphatic carbocycles. The van der Waals surface area contributed by atoms with E-state index in [4.69, 9.17) is 0 Å². The summed E-state index contributed by atoms with van der Waals surface area (Å²) in [6, 6.07) is 0. The van der Waals surface area contributed by atoms with E-state index >= 15 is 0 Å². The number of carbonyl (C=O) groups excluding carboxylic acids is 1. The van der Waals surface area contributed by atoms with E-state index < -0.39 is 0 Å². The highest BCUT2D eigenvalue weighted by atomic mass is 16.3. The van der Waals surface area contributed by atoms with Crippen molar-refractivity contribution >= 4 is 5.91 Å². The van der Waals surface area contributed by atoms with Crippen molar-refractivity contribution in [2.45, 2.75) is 53.9 Å². The lowest BCUT2D eigenvalue weighted by molar-refractivity contribution is -0.130. The molecule has 0 rings (SSSR count). The zero-order chi connectivity index (χ0) is 12.8. The number of amides is 1. The van der Waals surface area contributed by atoms with Gasteiger partial charge in [-0.25, -0.2) is 0 Å². The fourth-order valence-electron chi connectivity index (χ4n) is 1.45. The third kappa shape index (κ3) is 3.78. The molecule has 16 heavy (non-hydrogen) atoms. The van der Waals surface area contributed by atoms with E-state index in [0.29, 0.717) is 6.54 Å². The minimum absolute atomic E-state index is 0.0784. The van der Waals surface area contributed by atoms with Crippen molar-refractivity contribution in [1.29, 1.82) is 0 Å². The van der Waals surface area contributed by atoms with Gasteiger partial charge in [-0.05, 0) is 19.3 Å². The number of aliphatic hydroxyl groups excluding tert-OH is 1. The number of rotatable bonds is 7. The molecule has 0 radical (unpaired) electrons. The average Bonchev–Trinajstić information content (AvgIpc) is 2.31. The van der Waals surface area contributed by atoms with Crippen LogP contribution in [0.2, 0.25) is 0 Å². The molecular weight excluding hydrogens is 202 g/mol. The Labute approximate surface area is 99.6 Å². The summed E-state index contributed by atoms with van der Waals surface area (Å²) in [5.74, 6) is 0.0784. The molecule has 0 spiro atoms. The van der Waals surface area contributed by atoms with E-state index in [1.54, 1.807) is 0 Å². The van der Waals surface area contributed by atoms with Crippen molar-refractivity contribution < 1.29 is 9.90 Å². The minimum Gasteiger partial charge on any atom is -0.396 e. The van der Waals surface area contributed by atoms with Gasteiger partial charge >= 0.3 is 0 Å². The Hall–Kier alpha value is -0.570.